The zero-order valence-electron chi connectivity index (χ0n) is 16.5. The fourth-order valence-corrected chi connectivity index (χ4v) is 3.27. The highest BCUT2D eigenvalue weighted by Gasteiger charge is 2.14. The molecule has 0 aliphatic rings. The Hall–Kier alpha value is -4.03. The number of H-pyrrole nitrogens is 1. The summed E-state index contributed by atoms with van der Waals surface area (Å²) < 4.78 is 20.5. The normalized spacial score (nSPS) is 10.4. The number of aromatic amines is 1. The summed E-state index contributed by atoms with van der Waals surface area (Å²) in [4.78, 5) is 16.8. The van der Waals surface area contributed by atoms with Crippen molar-refractivity contribution in [2.24, 2.45) is 0 Å². The summed E-state index contributed by atoms with van der Waals surface area (Å²) >= 11 is 3.20. The summed E-state index contributed by atoms with van der Waals surface area (Å²) in [6.07, 6.45) is 0. The Kier molecular flexibility index (Phi) is 6.24. The van der Waals surface area contributed by atoms with Gasteiger partial charge in [0, 0.05) is 15.6 Å². The van der Waals surface area contributed by atoms with Gasteiger partial charge in [0.2, 0.25) is 5.95 Å². The Morgan fingerprint density at radius 3 is 2.81 bits per heavy atom. The van der Waals surface area contributed by atoms with E-state index in [2.05, 4.69) is 42.5 Å². The van der Waals surface area contributed by atoms with Crippen LogP contribution in [0.1, 0.15) is 21.5 Å². The molecule has 158 valence electrons. The molecule has 0 spiro atoms. The van der Waals surface area contributed by atoms with Crippen LogP contribution in [0.2, 0.25) is 0 Å². The van der Waals surface area contributed by atoms with E-state index in [0.717, 1.165) is 5.56 Å². The molecule has 0 bridgehead atoms. The number of benzene rings is 3. The van der Waals surface area contributed by atoms with E-state index >= 15 is 0 Å². The van der Waals surface area contributed by atoms with E-state index in [0.29, 0.717) is 21.3 Å². The summed E-state index contributed by atoms with van der Waals surface area (Å²) in [6, 6.07) is 20.4. The van der Waals surface area contributed by atoms with Crippen LogP contribution in [0.3, 0.4) is 0 Å². The Bertz CT molecular complexity index is 1330. The molecule has 32 heavy (non-hydrogen) atoms. The van der Waals surface area contributed by atoms with Gasteiger partial charge >= 0.3 is 0 Å². The lowest BCUT2D eigenvalue weighted by atomic mass is 10.1. The van der Waals surface area contributed by atoms with Crippen molar-refractivity contribution < 1.29 is 13.9 Å². The number of nitriles is 1. The first-order chi connectivity index (χ1) is 15.5. The maximum absolute atomic E-state index is 14.1. The topological polar surface area (TPSA) is 104 Å². The number of amides is 1. The molecule has 0 fully saturated rings. The molecule has 1 heterocycles. The zero-order chi connectivity index (χ0) is 22.5. The monoisotopic (exact) mass is 491 g/mol. The molecule has 0 atom stereocenters. The van der Waals surface area contributed by atoms with Gasteiger partial charge < -0.3 is 4.74 Å². The Morgan fingerprint density at radius 2 is 2.00 bits per heavy atom. The molecule has 7 nitrogen and oxygen atoms in total. The van der Waals surface area contributed by atoms with Gasteiger partial charge in [-0.05, 0) is 42.5 Å². The number of hydrogen-bond donors (Lipinski definition) is 2. The van der Waals surface area contributed by atoms with Crippen LogP contribution in [0.25, 0.3) is 11.4 Å². The van der Waals surface area contributed by atoms with Crippen molar-refractivity contribution in [2.75, 3.05) is 5.32 Å². The molecule has 1 aromatic heterocycles. The third-order valence-electron chi connectivity index (χ3n) is 4.53. The van der Waals surface area contributed by atoms with E-state index in [1.54, 1.807) is 48.5 Å². The van der Waals surface area contributed by atoms with Crippen molar-refractivity contribution in [3.05, 3.63) is 93.7 Å². The quantitative estimate of drug-likeness (QED) is 0.391. The molecule has 9 heteroatoms. The minimum Gasteiger partial charge on any atom is -0.489 e. The van der Waals surface area contributed by atoms with Crippen LogP contribution in [0, 0.1) is 17.1 Å². The van der Waals surface area contributed by atoms with E-state index in [9.17, 15) is 14.4 Å². The molecular formula is C23H15BrFN5O2. The second-order valence-corrected chi connectivity index (χ2v) is 7.59. The minimum absolute atomic E-state index is 0.0154. The van der Waals surface area contributed by atoms with Crippen LogP contribution < -0.4 is 10.1 Å². The number of nitrogens with one attached hydrogen (secondary N) is 2. The first-order valence-corrected chi connectivity index (χ1v) is 10.2. The molecule has 0 aliphatic carbocycles. The Labute approximate surface area is 191 Å². The first kappa shape index (κ1) is 21.2. The van der Waals surface area contributed by atoms with Crippen molar-refractivity contribution in [1.29, 1.82) is 5.26 Å². The maximum Gasteiger partial charge on any atom is 0.258 e. The summed E-state index contributed by atoms with van der Waals surface area (Å²) in [6.45, 7) is 0.192. The number of hydrogen-bond acceptors (Lipinski definition) is 5. The molecule has 4 rings (SSSR count). The second kappa shape index (κ2) is 9.41. The number of nitrogens with zero attached hydrogens (tertiary/aromatic N) is 3. The molecule has 0 unspecified atom stereocenters. The molecule has 0 saturated heterocycles. The SMILES string of the molecule is N#Cc1ccccc1COc1cccc(C(=O)Nc2n[nH]c(-c3ccc(Br)cc3F)n2)c1. The van der Waals surface area contributed by atoms with Gasteiger partial charge in [0.05, 0.1) is 17.2 Å². The molecule has 2 N–H and O–H groups in total. The summed E-state index contributed by atoms with van der Waals surface area (Å²) in [5.41, 5.74) is 1.84. The predicted octanol–water partition coefficient (Wildman–Crippen LogP) is 5.08. The van der Waals surface area contributed by atoms with Crippen molar-refractivity contribution >= 4 is 27.8 Å². The van der Waals surface area contributed by atoms with Crippen LogP contribution in [0.5, 0.6) is 5.75 Å². The highest BCUT2D eigenvalue weighted by molar-refractivity contribution is 9.10. The largest absolute Gasteiger partial charge is 0.489 e. The smallest absolute Gasteiger partial charge is 0.258 e. The predicted molar refractivity (Wildman–Crippen MR) is 119 cm³/mol. The van der Waals surface area contributed by atoms with Gasteiger partial charge in [0.15, 0.2) is 5.82 Å². The molecule has 4 aromatic rings. The van der Waals surface area contributed by atoms with Crippen molar-refractivity contribution in [1.82, 2.24) is 15.2 Å². The lowest BCUT2D eigenvalue weighted by Gasteiger charge is -2.09. The van der Waals surface area contributed by atoms with E-state index in [1.807, 2.05) is 12.1 Å². The number of anilines is 1. The number of halogens is 2. The summed E-state index contributed by atoms with van der Waals surface area (Å²) in [5, 5.41) is 18.3. The van der Waals surface area contributed by atoms with Gasteiger partial charge in [-0.25, -0.2) is 4.39 Å². The van der Waals surface area contributed by atoms with Crippen LogP contribution in [0.15, 0.2) is 71.2 Å². The van der Waals surface area contributed by atoms with E-state index in [-0.39, 0.29) is 23.9 Å². The maximum atomic E-state index is 14.1. The lowest BCUT2D eigenvalue weighted by molar-refractivity contribution is 0.102. The first-order valence-electron chi connectivity index (χ1n) is 9.43. The molecule has 0 aliphatic heterocycles. The molecule has 1 amide bonds. The average molecular weight is 492 g/mol. The summed E-state index contributed by atoms with van der Waals surface area (Å²) in [5.74, 6) is -0.246. The minimum atomic E-state index is -0.476. The summed E-state index contributed by atoms with van der Waals surface area (Å²) in [7, 11) is 0. The fraction of sp³-hybridized carbons (Fsp3) is 0.0435. The van der Waals surface area contributed by atoms with E-state index < -0.39 is 11.7 Å². The number of ether oxygens (including phenoxy) is 1. The second-order valence-electron chi connectivity index (χ2n) is 6.67. The molecular weight excluding hydrogens is 477 g/mol. The highest BCUT2D eigenvalue weighted by atomic mass is 79.9. The number of aromatic nitrogens is 3. The van der Waals surface area contributed by atoms with Crippen LogP contribution in [-0.4, -0.2) is 21.1 Å². The van der Waals surface area contributed by atoms with Gasteiger partial charge in [-0.1, -0.05) is 40.2 Å². The standard InChI is InChI=1S/C23H15BrFN5O2/c24-17-8-9-19(20(25)11-17)21-27-23(30-29-21)28-22(31)14-6-3-7-18(10-14)32-13-16-5-2-1-4-15(16)12-26/h1-11H,13H2,(H2,27,28,29,30,31). The Morgan fingerprint density at radius 1 is 1.16 bits per heavy atom. The average Bonchev–Trinajstić information content (AvgIpc) is 3.26. The van der Waals surface area contributed by atoms with Crippen molar-refractivity contribution in [2.45, 2.75) is 6.61 Å². The Balaban J connectivity index is 1.44. The van der Waals surface area contributed by atoms with Gasteiger partial charge in [0.25, 0.3) is 5.91 Å². The van der Waals surface area contributed by atoms with E-state index in [1.165, 1.54) is 6.07 Å². The number of rotatable bonds is 6. The van der Waals surface area contributed by atoms with Crippen LogP contribution >= 0.6 is 15.9 Å². The molecule has 0 saturated carbocycles. The third-order valence-corrected chi connectivity index (χ3v) is 5.02. The van der Waals surface area contributed by atoms with Crippen molar-refractivity contribution in [3.63, 3.8) is 0 Å². The molecule has 0 radical (unpaired) electrons. The number of carbonyl (C=O) groups is 1. The highest BCUT2D eigenvalue weighted by Crippen LogP contribution is 2.23. The van der Waals surface area contributed by atoms with Crippen molar-refractivity contribution in [3.8, 4) is 23.2 Å². The molecule has 3 aromatic carbocycles. The fourth-order valence-electron chi connectivity index (χ4n) is 2.94. The number of carbonyl (C=O) groups excluding carboxylic acids is 1. The van der Waals surface area contributed by atoms with Gasteiger partial charge in [0.1, 0.15) is 18.2 Å². The third kappa shape index (κ3) is 4.82. The lowest BCUT2D eigenvalue weighted by Crippen LogP contribution is -2.13. The zero-order valence-corrected chi connectivity index (χ0v) is 18.1. The van der Waals surface area contributed by atoms with E-state index in [4.69, 9.17) is 4.74 Å². The van der Waals surface area contributed by atoms with Gasteiger partial charge in [-0.2, -0.15) is 10.2 Å². The van der Waals surface area contributed by atoms with Crippen LogP contribution in [0.4, 0.5) is 10.3 Å². The van der Waals surface area contributed by atoms with Crippen LogP contribution in [-0.2, 0) is 6.61 Å². The van der Waals surface area contributed by atoms with Gasteiger partial charge in [-0.3, -0.25) is 15.2 Å². The van der Waals surface area contributed by atoms with Gasteiger partial charge in [-0.15, -0.1) is 5.10 Å².